The Balaban J connectivity index is 2.23. The lowest BCUT2D eigenvalue weighted by Gasteiger charge is -2.30. The van der Waals surface area contributed by atoms with Crippen molar-refractivity contribution in [1.82, 2.24) is 0 Å². The first-order valence-electron chi connectivity index (χ1n) is 6.95. The molecular formula is C15H22N2O2. The van der Waals surface area contributed by atoms with E-state index in [1.807, 2.05) is 7.05 Å². The zero-order chi connectivity index (χ0) is 13.8. The molecule has 0 radical (unpaired) electrons. The molecule has 0 heterocycles. The highest BCUT2D eigenvalue weighted by molar-refractivity contribution is 5.90. The van der Waals surface area contributed by atoms with Crippen molar-refractivity contribution in [2.45, 2.75) is 44.6 Å². The van der Waals surface area contributed by atoms with Crippen LogP contribution in [0.15, 0.2) is 18.2 Å². The maximum atomic E-state index is 11.1. The van der Waals surface area contributed by atoms with E-state index in [1.165, 1.54) is 25.7 Å². The second-order valence-corrected chi connectivity index (χ2v) is 5.34. The zero-order valence-electron chi connectivity index (χ0n) is 11.4. The molecule has 19 heavy (non-hydrogen) atoms. The summed E-state index contributed by atoms with van der Waals surface area (Å²) in [6.45, 7) is 0. The molecule has 104 valence electrons. The molecule has 1 aliphatic rings. The Morgan fingerprint density at radius 3 is 2.47 bits per heavy atom. The molecule has 2 rings (SSSR count). The van der Waals surface area contributed by atoms with Crippen LogP contribution in [-0.2, 0) is 0 Å². The van der Waals surface area contributed by atoms with E-state index in [2.05, 4.69) is 4.90 Å². The van der Waals surface area contributed by atoms with Gasteiger partial charge in [-0.2, -0.15) is 0 Å². The molecule has 0 aliphatic heterocycles. The Labute approximate surface area is 114 Å². The predicted molar refractivity (Wildman–Crippen MR) is 77.7 cm³/mol. The Hall–Kier alpha value is -1.71. The molecule has 0 amide bonds. The van der Waals surface area contributed by atoms with E-state index >= 15 is 0 Å². The monoisotopic (exact) mass is 262 g/mol. The third-order valence-electron chi connectivity index (χ3n) is 4.03. The average Bonchev–Trinajstić information content (AvgIpc) is 2.67. The SMILES string of the molecule is CN(c1cc(C(=O)O)ccc1N)C1CCCCCC1. The highest BCUT2D eigenvalue weighted by Crippen LogP contribution is 2.30. The van der Waals surface area contributed by atoms with Crippen LogP contribution in [0.1, 0.15) is 48.9 Å². The van der Waals surface area contributed by atoms with Gasteiger partial charge in [0.25, 0.3) is 0 Å². The summed E-state index contributed by atoms with van der Waals surface area (Å²) in [6, 6.07) is 5.39. The number of aromatic carboxylic acids is 1. The maximum Gasteiger partial charge on any atom is 0.335 e. The number of nitrogens with zero attached hydrogens (tertiary/aromatic N) is 1. The van der Waals surface area contributed by atoms with Crippen LogP contribution in [0.25, 0.3) is 0 Å². The number of benzene rings is 1. The summed E-state index contributed by atoms with van der Waals surface area (Å²) >= 11 is 0. The first kappa shape index (κ1) is 13.7. The summed E-state index contributed by atoms with van der Waals surface area (Å²) in [7, 11) is 2.02. The highest BCUT2D eigenvalue weighted by Gasteiger charge is 2.19. The smallest absolute Gasteiger partial charge is 0.335 e. The first-order chi connectivity index (χ1) is 9.09. The summed E-state index contributed by atoms with van der Waals surface area (Å²) in [6.07, 6.45) is 7.41. The van der Waals surface area contributed by atoms with Crippen LogP contribution in [0, 0.1) is 0 Å². The van der Waals surface area contributed by atoms with E-state index in [1.54, 1.807) is 18.2 Å². The number of nitrogens with two attached hydrogens (primary N) is 1. The lowest BCUT2D eigenvalue weighted by Crippen LogP contribution is -2.31. The topological polar surface area (TPSA) is 66.6 Å². The number of carboxylic acid groups (broad SMARTS) is 1. The van der Waals surface area contributed by atoms with Crippen molar-refractivity contribution in [2.75, 3.05) is 17.7 Å². The van der Waals surface area contributed by atoms with Gasteiger partial charge in [0, 0.05) is 13.1 Å². The maximum absolute atomic E-state index is 11.1. The van der Waals surface area contributed by atoms with Gasteiger partial charge in [0.1, 0.15) is 0 Å². The van der Waals surface area contributed by atoms with Gasteiger partial charge >= 0.3 is 5.97 Å². The molecule has 1 aliphatic carbocycles. The molecule has 3 N–H and O–H groups in total. The number of rotatable bonds is 3. The van der Waals surface area contributed by atoms with Crippen LogP contribution < -0.4 is 10.6 Å². The van der Waals surface area contributed by atoms with Crippen LogP contribution in [0.4, 0.5) is 11.4 Å². The number of carboxylic acids is 1. The van der Waals surface area contributed by atoms with Crippen molar-refractivity contribution in [3.8, 4) is 0 Å². The minimum Gasteiger partial charge on any atom is -0.478 e. The summed E-state index contributed by atoms with van der Waals surface area (Å²) in [5, 5.41) is 9.08. The van der Waals surface area contributed by atoms with Gasteiger partial charge < -0.3 is 15.7 Å². The van der Waals surface area contributed by atoms with E-state index in [4.69, 9.17) is 10.8 Å². The van der Waals surface area contributed by atoms with Crippen LogP contribution in [0.5, 0.6) is 0 Å². The summed E-state index contributed by atoms with van der Waals surface area (Å²) < 4.78 is 0. The van der Waals surface area contributed by atoms with Gasteiger partial charge in [-0.25, -0.2) is 4.79 Å². The summed E-state index contributed by atoms with van der Waals surface area (Å²) in [5.74, 6) is -0.907. The van der Waals surface area contributed by atoms with Crippen molar-refractivity contribution in [3.05, 3.63) is 23.8 Å². The lowest BCUT2D eigenvalue weighted by atomic mass is 10.1. The fraction of sp³-hybridized carbons (Fsp3) is 0.533. The molecule has 4 nitrogen and oxygen atoms in total. The molecule has 0 atom stereocenters. The minimum atomic E-state index is -0.907. The molecule has 1 aromatic carbocycles. The summed E-state index contributed by atoms with van der Waals surface area (Å²) in [4.78, 5) is 13.2. The minimum absolute atomic E-state index is 0.296. The molecule has 1 fully saturated rings. The quantitative estimate of drug-likeness (QED) is 0.648. The predicted octanol–water partition coefficient (Wildman–Crippen LogP) is 3.13. The number of carbonyl (C=O) groups is 1. The van der Waals surface area contributed by atoms with E-state index in [0.717, 1.165) is 18.5 Å². The van der Waals surface area contributed by atoms with Gasteiger partial charge in [0.05, 0.1) is 16.9 Å². The van der Waals surface area contributed by atoms with Gasteiger partial charge in [0.15, 0.2) is 0 Å². The standard InChI is InChI=1S/C15H22N2O2/c1-17(12-6-4-2-3-5-7-12)14-10-11(15(18)19)8-9-13(14)16/h8-10,12H,2-7,16H2,1H3,(H,18,19). The molecule has 0 unspecified atom stereocenters. The zero-order valence-corrected chi connectivity index (χ0v) is 11.4. The van der Waals surface area contributed by atoms with E-state index in [9.17, 15) is 4.79 Å². The van der Waals surface area contributed by atoms with Crippen molar-refractivity contribution in [1.29, 1.82) is 0 Å². The Kier molecular flexibility index (Phi) is 4.30. The summed E-state index contributed by atoms with van der Waals surface area (Å²) in [5.41, 5.74) is 7.79. The van der Waals surface area contributed by atoms with Crippen LogP contribution >= 0.6 is 0 Å². The van der Waals surface area contributed by atoms with Gasteiger partial charge in [-0.15, -0.1) is 0 Å². The molecule has 0 saturated heterocycles. The third kappa shape index (κ3) is 3.19. The van der Waals surface area contributed by atoms with Crippen molar-refractivity contribution in [2.24, 2.45) is 0 Å². The first-order valence-corrected chi connectivity index (χ1v) is 6.95. The third-order valence-corrected chi connectivity index (χ3v) is 4.03. The Bertz CT molecular complexity index is 451. The van der Waals surface area contributed by atoms with Crippen molar-refractivity contribution < 1.29 is 9.90 Å². The number of nitrogen functional groups attached to an aromatic ring is 1. The average molecular weight is 262 g/mol. The van der Waals surface area contributed by atoms with Gasteiger partial charge in [0.2, 0.25) is 0 Å². The molecule has 4 heteroatoms. The fourth-order valence-corrected chi connectivity index (χ4v) is 2.82. The molecule has 1 aromatic rings. The lowest BCUT2D eigenvalue weighted by molar-refractivity contribution is 0.0697. The Morgan fingerprint density at radius 1 is 1.26 bits per heavy atom. The van der Waals surface area contributed by atoms with Crippen molar-refractivity contribution >= 4 is 17.3 Å². The second-order valence-electron chi connectivity index (χ2n) is 5.34. The van der Waals surface area contributed by atoms with Gasteiger partial charge in [-0.05, 0) is 31.0 Å². The van der Waals surface area contributed by atoms with E-state index in [0.29, 0.717) is 17.3 Å². The number of hydrogen-bond donors (Lipinski definition) is 2. The van der Waals surface area contributed by atoms with E-state index < -0.39 is 5.97 Å². The normalized spacial score (nSPS) is 16.9. The van der Waals surface area contributed by atoms with Crippen LogP contribution in [0.2, 0.25) is 0 Å². The van der Waals surface area contributed by atoms with Gasteiger partial charge in [-0.3, -0.25) is 0 Å². The van der Waals surface area contributed by atoms with Crippen LogP contribution in [0.3, 0.4) is 0 Å². The van der Waals surface area contributed by atoms with Crippen LogP contribution in [-0.4, -0.2) is 24.2 Å². The molecular weight excluding hydrogens is 240 g/mol. The molecule has 0 spiro atoms. The number of anilines is 2. The van der Waals surface area contributed by atoms with Crippen molar-refractivity contribution in [3.63, 3.8) is 0 Å². The van der Waals surface area contributed by atoms with Gasteiger partial charge in [-0.1, -0.05) is 25.7 Å². The second kappa shape index (κ2) is 5.95. The Morgan fingerprint density at radius 2 is 1.89 bits per heavy atom. The van der Waals surface area contributed by atoms with E-state index in [-0.39, 0.29) is 0 Å². The fourth-order valence-electron chi connectivity index (χ4n) is 2.82. The highest BCUT2D eigenvalue weighted by atomic mass is 16.4. The molecule has 0 aromatic heterocycles. The molecule has 1 saturated carbocycles. The largest absolute Gasteiger partial charge is 0.478 e. The molecule has 0 bridgehead atoms. The number of hydrogen-bond acceptors (Lipinski definition) is 3.